The molecule has 1 aliphatic heterocycles. The molecule has 0 aromatic heterocycles. The molecule has 5 nitrogen and oxygen atoms in total. The van der Waals surface area contributed by atoms with Gasteiger partial charge < -0.3 is 9.47 Å². The zero-order valence-corrected chi connectivity index (χ0v) is 19.9. The number of allylic oxidation sites excluding steroid dienone is 1. The highest BCUT2D eigenvalue weighted by molar-refractivity contribution is 5.82. The number of aryl methyl sites for hydroxylation is 1. The monoisotopic (exact) mass is 487 g/mol. The molecule has 4 rings (SSSR count). The number of benzene rings is 2. The van der Waals surface area contributed by atoms with Crippen LogP contribution in [0, 0.1) is 6.92 Å². The summed E-state index contributed by atoms with van der Waals surface area (Å²) in [7, 11) is 1.57. The van der Waals surface area contributed by atoms with E-state index in [4.69, 9.17) is 9.47 Å². The van der Waals surface area contributed by atoms with Crippen molar-refractivity contribution in [2.45, 2.75) is 57.9 Å². The molecular weight excluding hydrogens is 459 g/mol. The average molecular weight is 488 g/mol. The maximum absolute atomic E-state index is 13.4. The molecule has 2 aromatic carbocycles. The minimum atomic E-state index is -4.48. The fraction of sp³-hybridized carbons (Fsp3) is 0.407. The highest BCUT2D eigenvalue weighted by Crippen LogP contribution is 2.41. The normalized spacial score (nSPS) is 20.7. The molecule has 0 bridgehead atoms. The van der Waals surface area contributed by atoms with Crippen LogP contribution in [0.1, 0.15) is 71.3 Å². The molecule has 1 saturated heterocycles. The van der Waals surface area contributed by atoms with Gasteiger partial charge in [-0.25, -0.2) is 4.79 Å². The summed E-state index contributed by atoms with van der Waals surface area (Å²) in [6.07, 6.45) is -1.57. The lowest BCUT2D eigenvalue weighted by Crippen LogP contribution is -2.34. The lowest BCUT2D eigenvalue weighted by Gasteiger charge is -2.27. The smallest absolute Gasteiger partial charge is 0.416 e. The van der Waals surface area contributed by atoms with E-state index in [0.29, 0.717) is 29.0 Å². The van der Waals surface area contributed by atoms with Crippen LogP contribution in [0.5, 0.6) is 5.75 Å². The van der Waals surface area contributed by atoms with Crippen LogP contribution in [0.4, 0.5) is 18.0 Å². The number of nitrogens with zero attached hydrogens (tertiary/aromatic N) is 1. The Balaban J connectivity index is 1.66. The molecule has 2 aliphatic rings. The molecule has 1 fully saturated rings. The van der Waals surface area contributed by atoms with Crippen LogP contribution in [0.3, 0.4) is 0 Å². The van der Waals surface area contributed by atoms with Gasteiger partial charge in [0.1, 0.15) is 18.1 Å². The van der Waals surface area contributed by atoms with Gasteiger partial charge in [0.25, 0.3) is 0 Å². The standard InChI is InChI=1S/C27H28F3NO4/c1-16-10-20(13-21(11-16)27(28,29)30)25-17(2)31(26(33)35-25)14-19-6-4-5-7-22(19)23-12-18(15-32)8-9-24(23)34-3/h8-13,15,17,25H,4-7,14H2,1-3H3/t17-,25-/m0/s1. The van der Waals surface area contributed by atoms with Crippen molar-refractivity contribution in [3.05, 3.63) is 69.8 Å². The van der Waals surface area contributed by atoms with E-state index in [1.54, 1.807) is 50.1 Å². The Morgan fingerprint density at radius 2 is 1.89 bits per heavy atom. The first-order chi connectivity index (χ1) is 16.6. The van der Waals surface area contributed by atoms with Crippen LogP contribution < -0.4 is 4.74 Å². The van der Waals surface area contributed by atoms with Crippen LogP contribution in [-0.2, 0) is 10.9 Å². The van der Waals surface area contributed by atoms with Gasteiger partial charge >= 0.3 is 12.3 Å². The molecular formula is C27H28F3NO4. The number of cyclic esters (lactones) is 1. The van der Waals surface area contributed by atoms with Gasteiger partial charge in [0.2, 0.25) is 0 Å². The highest BCUT2D eigenvalue weighted by Gasteiger charge is 2.41. The quantitative estimate of drug-likeness (QED) is 0.423. The van der Waals surface area contributed by atoms with Crippen LogP contribution >= 0.6 is 0 Å². The van der Waals surface area contributed by atoms with E-state index >= 15 is 0 Å². The number of halogens is 3. The summed E-state index contributed by atoms with van der Waals surface area (Å²) in [6, 6.07) is 8.58. The summed E-state index contributed by atoms with van der Waals surface area (Å²) in [5.41, 5.74) is 3.48. The zero-order chi connectivity index (χ0) is 25.3. The second kappa shape index (κ2) is 9.76. The van der Waals surface area contributed by atoms with Crippen molar-refractivity contribution in [3.8, 4) is 5.75 Å². The van der Waals surface area contributed by atoms with E-state index in [1.165, 1.54) is 0 Å². The number of methoxy groups -OCH3 is 1. The van der Waals surface area contributed by atoms with E-state index in [9.17, 15) is 22.8 Å². The maximum atomic E-state index is 13.4. The molecule has 8 heteroatoms. The Hall–Kier alpha value is -3.29. The molecule has 1 heterocycles. The van der Waals surface area contributed by atoms with Crippen LogP contribution in [0.2, 0.25) is 0 Å². The number of amides is 1. The third-order valence-corrected chi connectivity index (χ3v) is 6.78. The van der Waals surface area contributed by atoms with Gasteiger partial charge in [0.05, 0.1) is 18.7 Å². The Morgan fingerprint density at radius 1 is 1.14 bits per heavy atom. The van der Waals surface area contributed by atoms with Crippen molar-refractivity contribution in [1.82, 2.24) is 4.90 Å². The van der Waals surface area contributed by atoms with E-state index in [1.807, 2.05) is 0 Å². The van der Waals surface area contributed by atoms with Gasteiger partial charge in [-0.1, -0.05) is 11.6 Å². The third-order valence-electron chi connectivity index (χ3n) is 6.78. The number of carbonyl (C=O) groups is 2. The Morgan fingerprint density at radius 3 is 2.57 bits per heavy atom. The van der Waals surface area contributed by atoms with Crippen LogP contribution in [0.25, 0.3) is 5.57 Å². The zero-order valence-electron chi connectivity index (χ0n) is 19.9. The molecule has 2 atom stereocenters. The van der Waals surface area contributed by atoms with Crippen molar-refractivity contribution >= 4 is 18.0 Å². The second-order valence-electron chi connectivity index (χ2n) is 9.17. The van der Waals surface area contributed by atoms with Gasteiger partial charge in [-0.05, 0) is 86.6 Å². The average Bonchev–Trinajstić information content (AvgIpc) is 3.11. The van der Waals surface area contributed by atoms with Crippen molar-refractivity contribution in [2.75, 3.05) is 13.7 Å². The van der Waals surface area contributed by atoms with Gasteiger partial charge in [-0.15, -0.1) is 0 Å². The molecule has 1 aliphatic carbocycles. The summed E-state index contributed by atoms with van der Waals surface area (Å²) in [5, 5.41) is 0. The first-order valence-corrected chi connectivity index (χ1v) is 11.6. The molecule has 0 radical (unpaired) electrons. The Labute approximate surface area is 202 Å². The SMILES string of the molecule is COc1ccc(C=O)cc1C1=C(CN2C(=O)O[C@H](c3cc(C)cc(C(F)(F)F)c3)[C@@H]2C)CCCC1. The van der Waals surface area contributed by atoms with E-state index < -0.39 is 30.0 Å². The summed E-state index contributed by atoms with van der Waals surface area (Å²) in [5.74, 6) is 0.652. The lowest BCUT2D eigenvalue weighted by molar-refractivity contribution is -0.137. The summed E-state index contributed by atoms with van der Waals surface area (Å²) >= 11 is 0. The lowest BCUT2D eigenvalue weighted by atomic mass is 9.86. The number of alkyl halides is 3. The van der Waals surface area contributed by atoms with Gasteiger partial charge in [0.15, 0.2) is 0 Å². The molecule has 0 unspecified atom stereocenters. The van der Waals surface area contributed by atoms with E-state index in [-0.39, 0.29) is 0 Å². The number of hydrogen-bond acceptors (Lipinski definition) is 4. The van der Waals surface area contributed by atoms with Crippen molar-refractivity contribution in [2.24, 2.45) is 0 Å². The summed E-state index contributed by atoms with van der Waals surface area (Å²) < 4.78 is 51.2. The molecule has 0 saturated carbocycles. The minimum Gasteiger partial charge on any atom is -0.496 e. The number of carbonyl (C=O) groups excluding carboxylic acids is 2. The predicted octanol–water partition coefficient (Wildman–Crippen LogP) is 6.74. The molecule has 0 N–H and O–H groups in total. The number of rotatable bonds is 6. The van der Waals surface area contributed by atoms with Crippen LogP contribution in [0.15, 0.2) is 42.0 Å². The Bertz CT molecular complexity index is 1170. The third kappa shape index (κ3) is 5.06. The highest BCUT2D eigenvalue weighted by atomic mass is 19.4. The first kappa shape index (κ1) is 24.8. The fourth-order valence-electron chi connectivity index (χ4n) is 5.01. The second-order valence-corrected chi connectivity index (χ2v) is 9.17. The minimum absolute atomic E-state index is 0.304. The molecule has 186 valence electrons. The largest absolute Gasteiger partial charge is 0.496 e. The van der Waals surface area contributed by atoms with E-state index in [2.05, 4.69) is 0 Å². The molecule has 2 aromatic rings. The fourth-order valence-corrected chi connectivity index (χ4v) is 5.01. The Kier molecular flexibility index (Phi) is 6.92. The first-order valence-electron chi connectivity index (χ1n) is 11.6. The topological polar surface area (TPSA) is 55.8 Å². The van der Waals surface area contributed by atoms with Crippen molar-refractivity contribution in [3.63, 3.8) is 0 Å². The van der Waals surface area contributed by atoms with Gasteiger partial charge in [-0.3, -0.25) is 9.69 Å². The van der Waals surface area contributed by atoms with Crippen molar-refractivity contribution < 1.29 is 32.2 Å². The molecule has 35 heavy (non-hydrogen) atoms. The van der Waals surface area contributed by atoms with Gasteiger partial charge in [0, 0.05) is 17.7 Å². The summed E-state index contributed by atoms with van der Waals surface area (Å²) in [4.78, 5) is 25.8. The van der Waals surface area contributed by atoms with Crippen molar-refractivity contribution in [1.29, 1.82) is 0 Å². The number of ether oxygens (including phenoxy) is 2. The summed E-state index contributed by atoms with van der Waals surface area (Å²) in [6.45, 7) is 3.69. The maximum Gasteiger partial charge on any atom is 0.416 e. The number of hydrogen-bond donors (Lipinski definition) is 0. The van der Waals surface area contributed by atoms with Crippen LogP contribution in [-0.4, -0.2) is 37.0 Å². The molecule has 0 spiro atoms. The predicted molar refractivity (Wildman–Crippen MR) is 125 cm³/mol. The number of aldehydes is 1. The molecule has 1 amide bonds. The van der Waals surface area contributed by atoms with Gasteiger partial charge in [-0.2, -0.15) is 13.2 Å². The van der Waals surface area contributed by atoms with E-state index in [0.717, 1.165) is 60.8 Å².